The molecule has 0 unspecified atom stereocenters. The molecule has 53 heavy (non-hydrogen) atoms. The summed E-state index contributed by atoms with van der Waals surface area (Å²) in [4.78, 5) is 58.6. The summed E-state index contributed by atoms with van der Waals surface area (Å²) >= 11 is 0. The van der Waals surface area contributed by atoms with Crippen LogP contribution in [0.4, 0.5) is 9.59 Å². The van der Waals surface area contributed by atoms with Gasteiger partial charge in [0.1, 0.15) is 29.3 Å². The van der Waals surface area contributed by atoms with E-state index in [4.69, 9.17) is 14.3 Å². The lowest BCUT2D eigenvalue weighted by Gasteiger charge is -2.23. The summed E-state index contributed by atoms with van der Waals surface area (Å²) in [5, 5.41) is 16.3. The van der Waals surface area contributed by atoms with Crippen LogP contribution in [0.5, 0.6) is 0 Å². The van der Waals surface area contributed by atoms with E-state index in [2.05, 4.69) is 33.2 Å². The standard InChI is InChI=1S/C40H60N6O7/c1-5-6-7-8-9-10-11-12-13-14-18-24-32(29-36(47)53-46-35-27-20-19-25-33(35)44-45-46)42-37(48)34(26-21-28-41-38(49)52-40(2,3)4)43-39(50)51-30-31-22-16-15-17-23-31/h15-17,19-20,22-23,25,27,32,34H,5-14,18,21,24,26,28-30H2,1-4H3,(H,41,49)(H,42,48)(H,43,50)/t32-,34+/m1/s1. The molecular formula is C40H60N6O7. The van der Waals surface area contributed by atoms with Crippen molar-refractivity contribution in [3.8, 4) is 0 Å². The number of nitrogens with zero attached hydrogens (tertiary/aromatic N) is 3. The molecule has 2 aromatic carbocycles. The van der Waals surface area contributed by atoms with Gasteiger partial charge in [0.25, 0.3) is 0 Å². The van der Waals surface area contributed by atoms with Gasteiger partial charge in [-0.1, -0.05) is 125 Å². The van der Waals surface area contributed by atoms with Crippen molar-refractivity contribution in [1.29, 1.82) is 0 Å². The summed E-state index contributed by atoms with van der Waals surface area (Å²) in [7, 11) is 0. The SMILES string of the molecule is CCCCCCCCCCCCC[C@H](CC(=O)On1nnc2ccccc21)NC(=O)[C@H](CCCNC(=O)OC(C)(C)C)NC(=O)OCc1ccccc1. The second-order valence-corrected chi connectivity index (χ2v) is 14.5. The highest BCUT2D eigenvalue weighted by atomic mass is 16.7. The number of benzene rings is 2. The molecule has 0 radical (unpaired) electrons. The third-order valence-corrected chi connectivity index (χ3v) is 8.58. The van der Waals surface area contributed by atoms with Crippen LogP contribution in [0.3, 0.4) is 0 Å². The number of carbonyl (C=O) groups is 4. The normalized spacial score (nSPS) is 12.5. The van der Waals surface area contributed by atoms with Crippen LogP contribution in [-0.4, -0.2) is 63.4 Å². The molecule has 3 aromatic rings. The minimum Gasteiger partial charge on any atom is -0.445 e. The fourth-order valence-electron chi connectivity index (χ4n) is 5.82. The van der Waals surface area contributed by atoms with E-state index in [1.807, 2.05) is 36.4 Å². The summed E-state index contributed by atoms with van der Waals surface area (Å²) in [5.74, 6) is -1.05. The number of para-hydroxylation sites is 1. The van der Waals surface area contributed by atoms with Gasteiger partial charge in [-0.3, -0.25) is 4.79 Å². The number of nitrogens with one attached hydrogen (secondary N) is 3. The van der Waals surface area contributed by atoms with Crippen molar-refractivity contribution >= 4 is 35.1 Å². The van der Waals surface area contributed by atoms with Crippen LogP contribution in [0.15, 0.2) is 54.6 Å². The molecule has 3 rings (SSSR count). The Labute approximate surface area is 314 Å². The fraction of sp³-hybridized carbons (Fsp3) is 0.600. The summed E-state index contributed by atoms with van der Waals surface area (Å²) in [6.45, 7) is 7.80. The predicted octanol–water partition coefficient (Wildman–Crippen LogP) is 7.56. The van der Waals surface area contributed by atoms with Crippen LogP contribution < -0.4 is 20.8 Å². The van der Waals surface area contributed by atoms with Gasteiger partial charge in [-0.2, -0.15) is 0 Å². The van der Waals surface area contributed by atoms with E-state index in [0.717, 1.165) is 36.1 Å². The number of alkyl carbamates (subject to hydrolysis) is 2. The molecule has 1 heterocycles. The summed E-state index contributed by atoms with van der Waals surface area (Å²) < 4.78 is 10.7. The van der Waals surface area contributed by atoms with E-state index < -0.39 is 41.7 Å². The molecule has 0 aliphatic rings. The predicted molar refractivity (Wildman–Crippen MR) is 204 cm³/mol. The highest BCUT2D eigenvalue weighted by Crippen LogP contribution is 2.15. The first kappa shape index (κ1) is 42.7. The maximum atomic E-state index is 13.8. The lowest BCUT2D eigenvalue weighted by molar-refractivity contribution is -0.146. The third kappa shape index (κ3) is 18.1. The Bertz CT molecular complexity index is 1520. The van der Waals surface area contributed by atoms with Gasteiger partial charge >= 0.3 is 18.2 Å². The minimum atomic E-state index is -0.992. The van der Waals surface area contributed by atoms with Crippen molar-refractivity contribution in [3.05, 3.63) is 60.2 Å². The number of ether oxygens (including phenoxy) is 2. The maximum absolute atomic E-state index is 13.8. The molecule has 0 saturated carbocycles. The van der Waals surface area contributed by atoms with Crippen molar-refractivity contribution in [2.45, 2.75) is 148 Å². The van der Waals surface area contributed by atoms with E-state index in [0.29, 0.717) is 23.9 Å². The van der Waals surface area contributed by atoms with Crippen LogP contribution in [-0.2, 0) is 25.7 Å². The molecule has 1 aromatic heterocycles. The molecule has 2 atom stereocenters. The molecule has 13 heteroatoms. The van der Waals surface area contributed by atoms with E-state index >= 15 is 0 Å². The largest absolute Gasteiger partial charge is 0.445 e. The quantitative estimate of drug-likeness (QED) is 0.0622. The lowest BCUT2D eigenvalue weighted by atomic mass is 10.0. The first-order valence-corrected chi connectivity index (χ1v) is 19.3. The maximum Gasteiger partial charge on any atom is 0.408 e. The second-order valence-electron chi connectivity index (χ2n) is 14.5. The third-order valence-electron chi connectivity index (χ3n) is 8.58. The number of hydrogen-bond donors (Lipinski definition) is 3. The van der Waals surface area contributed by atoms with E-state index in [1.165, 1.54) is 44.9 Å². The van der Waals surface area contributed by atoms with E-state index in [1.54, 1.807) is 39.0 Å². The van der Waals surface area contributed by atoms with E-state index in [9.17, 15) is 19.2 Å². The van der Waals surface area contributed by atoms with Crippen LogP contribution >= 0.6 is 0 Å². The van der Waals surface area contributed by atoms with Gasteiger partial charge in [0, 0.05) is 12.6 Å². The van der Waals surface area contributed by atoms with Crippen molar-refractivity contribution in [3.63, 3.8) is 0 Å². The highest BCUT2D eigenvalue weighted by molar-refractivity contribution is 5.86. The van der Waals surface area contributed by atoms with Gasteiger partial charge in [-0.25, -0.2) is 14.4 Å². The molecule has 0 saturated heterocycles. The Hall–Kier alpha value is -4.68. The zero-order valence-electron chi connectivity index (χ0n) is 32.1. The van der Waals surface area contributed by atoms with Gasteiger partial charge in [-0.05, 0) is 62.9 Å². The molecule has 3 N–H and O–H groups in total. The Morgan fingerprint density at radius 3 is 2.08 bits per heavy atom. The van der Waals surface area contributed by atoms with Gasteiger partial charge in [0.15, 0.2) is 0 Å². The Kier molecular flexibility index (Phi) is 19.2. The first-order chi connectivity index (χ1) is 25.5. The molecule has 292 valence electrons. The molecule has 0 spiro atoms. The van der Waals surface area contributed by atoms with Crippen molar-refractivity contribution < 1.29 is 33.5 Å². The topological polar surface area (TPSA) is 163 Å². The van der Waals surface area contributed by atoms with Gasteiger partial charge in [0.05, 0.1) is 6.42 Å². The number of unbranched alkanes of at least 4 members (excludes halogenated alkanes) is 10. The molecule has 0 aliphatic heterocycles. The zero-order valence-corrected chi connectivity index (χ0v) is 32.1. The number of amides is 3. The number of hydrogen-bond acceptors (Lipinski definition) is 9. The first-order valence-electron chi connectivity index (χ1n) is 19.3. The fourth-order valence-corrected chi connectivity index (χ4v) is 5.82. The van der Waals surface area contributed by atoms with E-state index in [-0.39, 0.29) is 26.0 Å². The lowest BCUT2D eigenvalue weighted by Crippen LogP contribution is -2.50. The Balaban J connectivity index is 1.61. The summed E-state index contributed by atoms with van der Waals surface area (Å²) in [5.41, 5.74) is 1.28. The number of aromatic nitrogens is 3. The van der Waals surface area contributed by atoms with Crippen LogP contribution in [0.25, 0.3) is 11.0 Å². The number of carbonyl (C=O) groups excluding carboxylic acids is 4. The van der Waals surface area contributed by atoms with Gasteiger partial charge < -0.3 is 30.3 Å². The van der Waals surface area contributed by atoms with Crippen LogP contribution in [0, 0.1) is 0 Å². The molecule has 13 nitrogen and oxygen atoms in total. The van der Waals surface area contributed by atoms with Crippen LogP contribution in [0.1, 0.15) is 130 Å². The average molecular weight is 737 g/mol. The van der Waals surface area contributed by atoms with Crippen molar-refractivity contribution in [1.82, 2.24) is 31.1 Å². The summed E-state index contributed by atoms with van der Waals surface area (Å²) in [6.07, 6.45) is 12.6. The molecule has 3 amide bonds. The van der Waals surface area contributed by atoms with Gasteiger partial charge in [0.2, 0.25) is 5.91 Å². The summed E-state index contributed by atoms with van der Waals surface area (Å²) in [6, 6.07) is 14.8. The minimum absolute atomic E-state index is 0.0332. The Morgan fingerprint density at radius 2 is 1.40 bits per heavy atom. The average Bonchev–Trinajstić information content (AvgIpc) is 3.52. The van der Waals surface area contributed by atoms with Crippen molar-refractivity contribution in [2.24, 2.45) is 0 Å². The Morgan fingerprint density at radius 1 is 0.755 bits per heavy atom. The number of fused-ring (bicyclic) bond motifs is 1. The smallest absolute Gasteiger partial charge is 0.408 e. The van der Waals surface area contributed by atoms with Gasteiger partial charge in [-0.15, -0.1) is 5.10 Å². The molecule has 0 aliphatic carbocycles. The zero-order chi connectivity index (χ0) is 38.3. The molecular weight excluding hydrogens is 676 g/mol. The second kappa shape index (κ2) is 23.8. The van der Waals surface area contributed by atoms with Crippen LogP contribution in [0.2, 0.25) is 0 Å². The molecule has 0 bridgehead atoms. The number of rotatable bonds is 24. The highest BCUT2D eigenvalue weighted by Gasteiger charge is 2.26. The molecule has 0 fully saturated rings. The van der Waals surface area contributed by atoms with Crippen molar-refractivity contribution in [2.75, 3.05) is 6.54 Å². The monoisotopic (exact) mass is 736 g/mol.